The number of fused-ring (bicyclic) bond motifs is 1. The third-order valence-corrected chi connectivity index (χ3v) is 3.47. The molecule has 1 aromatic heterocycles. The molecule has 0 saturated heterocycles. The van der Waals surface area contributed by atoms with Gasteiger partial charge in [0.1, 0.15) is 5.82 Å². The van der Waals surface area contributed by atoms with Crippen LogP contribution >= 0.6 is 11.6 Å². The lowest BCUT2D eigenvalue weighted by Crippen LogP contribution is -2.01. The fourth-order valence-corrected chi connectivity index (χ4v) is 2.37. The minimum absolute atomic E-state index is 0.739. The third kappa shape index (κ3) is 2.29. The van der Waals surface area contributed by atoms with Crippen molar-refractivity contribution in [2.45, 2.75) is 13.5 Å². The number of nitrogens with two attached hydrogens (primary N) is 1. The van der Waals surface area contributed by atoms with E-state index >= 15 is 0 Å². The molecule has 0 amide bonds. The summed E-state index contributed by atoms with van der Waals surface area (Å²) in [7, 11) is 0. The standard InChI is InChI=1S/C15H14ClN3/c1-10-18-14-8-13(17)6-7-15(14)19(10)9-11-2-4-12(16)5-3-11/h2-8H,9,17H2,1H3. The Kier molecular flexibility index (Phi) is 2.91. The molecule has 0 radical (unpaired) electrons. The zero-order valence-electron chi connectivity index (χ0n) is 10.6. The number of rotatable bonds is 2. The van der Waals surface area contributed by atoms with Gasteiger partial charge in [0.05, 0.1) is 11.0 Å². The van der Waals surface area contributed by atoms with Gasteiger partial charge in [-0.05, 0) is 42.8 Å². The van der Waals surface area contributed by atoms with Gasteiger partial charge in [0.15, 0.2) is 0 Å². The van der Waals surface area contributed by atoms with Crippen molar-refractivity contribution in [1.29, 1.82) is 0 Å². The monoisotopic (exact) mass is 271 g/mol. The molecule has 0 fully saturated rings. The summed E-state index contributed by atoms with van der Waals surface area (Å²) in [6.07, 6.45) is 0. The highest BCUT2D eigenvalue weighted by Gasteiger charge is 2.08. The van der Waals surface area contributed by atoms with E-state index in [2.05, 4.69) is 9.55 Å². The Labute approximate surface area is 116 Å². The summed E-state index contributed by atoms with van der Waals surface area (Å²) in [5, 5.41) is 0.753. The molecule has 2 N–H and O–H groups in total. The van der Waals surface area contributed by atoms with Crippen LogP contribution in [0.1, 0.15) is 11.4 Å². The Morgan fingerprint density at radius 3 is 2.63 bits per heavy atom. The van der Waals surface area contributed by atoms with Crippen LogP contribution in [-0.2, 0) is 6.54 Å². The zero-order valence-corrected chi connectivity index (χ0v) is 11.4. The van der Waals surface area contributed by atoms with Gasteiger partial charge >= 0.3 is 0 Å². The topological polar surface area (TPSA) is 43.8 Å². The molecule has 0 spiro atoms. The first-order chi connectivity index (χ1) is 9.13. The number of nitrogen functional groups attached to an aromatic ring is 1. The number of aromatic nitrogens is 2. The molecule has 0 aliphatic carbocycles. The predicted molar refractivity (Wildman–Crippen MR) is 79.4 cm³/mol. The highest BCUT2D eigenvalue weighted by molar-refractivity contribution is 6.30. The van der Waals surface area contributed by atoms with Crippen LogP contribution in [0.2, 0.25) is 5.02 Å². The van der Waals surface area contributed by atoms with Gasteiger partial charge in [-0.3, -0.25) is 0 Å². The van der Waals surface area contributed by atoms with Crippen LogP contribution in [0.3, 0.4) is 0 Å². The molecule has 1 heterocycles. The first kappa shape index (κ1) is 12.1. The Bertz CT molecular complexity index is 729. The predicted octanol–water partition coefficient (Wildman–Crippen LogP) is 3.63. The van der Waals surface area contributed by atoms with Gasteiger partial charge in [-0.1, -0.05) is 23.7 Å². The summed E-state index contributed by atoms with van der Waals surface area (Å²) >= 11 is 5.90. The summed E-state index contributed by atoms with van der Waals surface area (Å²) < 4.78 is 2.18. The molecule has 0 unspecified atom stereocenters. The third-order valence-electron chi connectivity index (χ3n) is 3.22. The largest absolute Gasteiger partial charge is 0.399 e. The van der Waals surface area contributed by atoms with E-state index in [-0.39, 0.29) is 0 Å². The van der Waals surface area contributed by atoms with E-state index in [1.165, 1.54) is 5.56 Å². The van der Waals surface area contributed by atoms with Crippen molar-refractivity contribution >= 4 is 28.3 Å². The Morgan fingerprint density at radius 1 is 1.16 bits per heavy atom. The smallest absolute Gasteiger partial charge is 0.107 e. The number of anilines is 1. The molecule has 0 bridgehead atoms. The fraction of sp³-hybridized carbons (Fsp3) is 0.133. The van der Waals surface area contributed by atoms with Crippen LogP contribution < -0.4 is 5.73 Å². The minimum Gasteiger partial charge on any atom is -0.399 e. The summed E-state index contributed by atoms with van der Waals surface area (Å²) in [5.74, 6) is 0.982. The van der Waals surface area contributed by atoms with Gasteiger partial charge in [-0.15, -0.1) is 0 Å². The van der Waals surface area contributed by atoms with Crippen molar-refractivity contribution in [1.82, 2.24) is 9.55 Å². The lowest BCUT2D eigenvalue weighted by Gasteiger charge is -2.07. The normalized spacial score (nSPS) is 11.1. The van der Waals surface area contributed by atoms with Gasteiger partial charge in [-0.2, -0.15) is 0 Å². The van der Waals surface area contributed by atoms with Gasteiger partial charge in [-0.25, -0.2) is 4.98 Å². The van der Waals surface area contributed by atoms with Crippen molar-refractivity contribution < 1.29 is 0 Å². The maximum absolute atomic E-state index is 5.90. The number of benzene rings is 2. The number of hydrogen-bond acceptors (Lipinski definition) is 2. The van der Waals surface area contributed by atoms with Crippen molar-refractivity contribution in [2.75, 3.05) is 5.73 Å². The summed E-state index contributed by atoms with van der Waals surface area (Å²) in [5.41, 5.74) is 9.76. The van der Waals surface area contributed by atoms with Crippen molar-refractivity contribution in [3.8, 4) is 0 Å². The zero-order chi connectivity index (χ0) is 13.4. The molecule has 3 aromatic rings. The number of aryl methyl sites for hydroxylation is 1. The van der Waals surface area contributed by atoms with Gasteiger partial charge in [0.2, 0.25) is 0 Å². The van der Waals surface area contributed by atoms with Crippen LogP contribution in [0.5, 0.6) is 0 Å². The maximum Gasteiger partial charge on any atom is 0.107 e. The first-order valence-corrected chi connectivity index (χ1v) is 6.48. The van der Waals surface area contributed by atoms with E-state index in [4.69, 9.17) is 17.3 Å². The minimum atomic E-state index is 0.739. The van der Waals surface area contributed by atoms with E-state index in [1.807, 2.05) is 49.4 Å². The highest BCUT2D eigenvalue weighted by atomic mass is 35.5. The molecule has 96 valence electrons. The van der Waals surface area contributed by atoms with E-state index in [9.17, 15) is 0 Å². The van der Waals surface area contributed by atoms with Crippen LogP contribution in [-0.4, -0.2) is 9.55 Å². The molecule has 0 aliphatic rings. The Balaban J connectivity index is 2.05. The quantitative estimate of drug-likeness (QED) is 0.724. The highest BCUT2D eigenvalue weighted by Crippen LogP contribution is 2.20. The molecule has 2 aromatic carbocycles. The van der Waals surface area contributed by atoms with E-state index < -0.39 is 0 Å². The van der Waals surface area contributed by atoms with Gasteiger partial charge < -0.3 is 10.3 Å². The summed E-state index contributed by atoms with van der Waals surface area (Å²) in [6, 6.07) is 13.7. The fourth-order valence-electron chi connectivity index (χ4n) is 2.24. The second-order valence-electron chi connectivity index (χ2n) is 4.62. The SMILES string of the molecule is Cc1nc2cc(N)ccc2n1Cc1ccc(Cl)cc1. The molecule has 3 rings (SSSR count). The number of halogens is 1. The van der Waals surface area contributed by atoms with Crippen molar-refractivity contribution in [3.05, 3.63) is 58.9 Å². The summed E-state index contributed by atoms with van der Waals surface area (Å²) in [4.78, 5) is 4.54. The van der Waals surface area contributed by atoms with Gasteiger partial charge in [0, 0.05) is 17.3 Å². The van der Waals surface area contributed by atoms with Crippen LogP contribution in [0.25, 0.3) is 11.0 Å². The molecule has 0 aliphatic heterocycles. The lowest BCUT2D eigenvalue weighted by atomic mass is 10.2. The molecule has 0 atom stereocenters. The Hall–Kier alpha value is -2.00. The second kappa shape index (κ2) is 4.59. The van der Waals surface area contributed by atoms with Crippen molar-refractivity contribution in [2.24, 2.45) is 0 Å². The average molecular weight is 272 g/mol. The second-order valence-corrected chi connectivity index (χ2v) is 5.06. The van der Waals surface area contributed by atoms with E-state index in [0.29, 0.717) is 0 Å². The number of imidazole rings is 1. The lowest BCUT2D eigenvalue weighted by molar-refractivity contribution is 0.786. The molecule has 4 heteroatoms. The Morgan fingerprint density at radius 2 is 1.89 bits per heavy atom. The van der Waals surface area contributed by atoms with Crippen molar-refractivity contribution in [3.63, 3.8) is 0 Å². The average Bonchev–Trinajstić information content (AvgIpc) is 2.68. The molecular formula is C15H14ClN3. The molecular weight excluding hydrogens is 258 g/mol. The summed E-state index contributed by atoms with van der Waals surface area (Å²) in [6.45, 7) is 2.79. The van der Waals surface area contributed by atoms with E-state index in [1.54, 1.807) is 0 Å². The van der Waals surface area contributed by atoms with Crippen LogP contribution in [0.4, 0.5) is 5.69 Å². The number of nitrogens with zero attached hydrogens (tertiary/aromatic N) is 2. The van der Waals surface area contributed by atoms with E-state index in [0.717, 1.165) is 34.1 Å². The number of hydrogen-bond donors (Lipinski definition) is 1. The molecule has 19 heavy (non-hydrogen) atoms. The molecule has 0 saturated carbocycles. The maximum atomic E-state index is 5.90. The molecule has 3 nitrogen and oxygen atoms in total. The van der Waals surface area contributed by atoms with Crippen LogP contribution in [0, 0.1) is 6.92 Å². The van der Waals surface area contributed by atoms with Crippen LogP contribution in [0.15, 0.2) is 42.5 Å². The van der Waals surface area contributed by atoms with Gasteiger partial charge in [0.25, 0.3) is 0 Å². The first-order valence-electron chi connectivity index (χ1n) is 6.10.